The van der Waals surface area contributed by atoms with Crippen molar-refractivity contribution >= 4 is 16.8 Å². The lowest BCUT2D eigenvalue weighted by molar-refractivity contribution is -0.0412. The molecular formula is C25H46N3O6PSi. The van der Waals surface area contributed by atoms with E-state index in [9.17, 15) is 9.59 Å². The van der Waals surface area contributed by atoms with Gasteiger partial charge in [0, 0.05) is 30.3 Å². The van der Waals surface area contributed by atoms with Crippen molar-refractivity contribution in [1.82, 2.24) is 14.2 Å². The van der Waals surface area contributed by atoms with Gasteiger partial charge in [-0.3, -0.25) is 14.3 Å². The number of aromatic amines is 1. The van der Waals surface area contributed by atoms with Crippen molar-refractivity contribution < 1.29 is 18.2 Å². The Labute approximate surface area is 218 Å². The predicted molar refractivity (Wildman–Crippen MR) is 148 cm³/mol. The van der Waals surface area contributed by atoms with Crippen LogP contribution in [-0.2, 0) is 18.2 Å². The average molecular weight is 544 g/mol. The van der Waals surface area contributed by atoms with Gasteiger partial charge in [0.15, 0.2) is 8.32 Å². The molecule has 2 heterocycles. The Bertz CT molecular complexity index is 979. The van der Waals surface area contributed by atoms with Gasteiger partial charge in [0.1, 0.15) is 12.3 Å². The van der Waals surface area contributed by atoms with E-state index in [-0.39, 0.29) is 23.2 Å². The zero-order valence-electron chi connectivity index (χ0n) is 23.7. The van der Waals surface area contributed by atoms with Gasteiger partial charge >= 0.3 is 5.69 Å². The lowest BCUT2D eigenvalue weighted by Gasteiger charge is -2.39. The van der Waals surface area contributed by atoms with Crippen LogP contribution in [-0.4, -0.2) is 60.0 Å². The largest absolute Gasteiger partial charge is 0.414 e. The Kier molecular flexibility index (Phi) is 10.9. The second kappa shape index (κ2) is 12.6. The summed E-state index contributed by atoms with van der Waals surface area (Å²) in [5.74, 6) is 0. The Morgan fingerprint density at radius 3 is 2.42 bits per heavy atom. The van der Waals surface area contributed by atoms with Gasteiger partial charge in [-0.1, -0.05) is 26.8 Å². The molecule has 1 N–H and O–H groups in total. The quantitative estimate of drug-likeness (QED) is 0.223. The monoisotopic (exact) mass is 543 g/mol. The van der Waals surface area contributed by atoms with Crippen LogP contribution in [0.5, 0.6) is 0 Å². The van der Waals surface area contributed by atoms with Crippen LogP contribution >= 0.6 is 8.53 Å². The fourth-order valence-corrected chi connectivity index (χ4v) is 6.55. The lowest BCUT2D eigenvalue weighted by Crippen LogP contribution is -2.44. The first kappa shape index (κ1) is 31.1. The van der Waals surface area contributed by atoms with Gasteiger partial charge < -0.3 is 18.2 Å². The normalized spacial score (nSPS) is 22.1. The summed E-state index contributed by atoms with van der Waals surface area (Å²) in [6, 6.07) is 0.399. The van der Waals surface area contributed by atoms with Crippen molar-refractivity contribution in [3.05, 3.63) is 45.3 Å². The Hall–Kier alpha value is -1.13. The van der Waals surface area contributed by atoms with E-state index < -0.39 is 40.4 Å². The molecule has 1 aliphatic rings. The van der Waals surface area contributed by atoms with Crippen molar-refractivity contribution in [2.24, 2.45) is 0 Å². The molecule has 0 aromatic carbocycles. The van der Waals surface area contributed by atoms with Crippen LogP contribution in [0.1, 0.15) is 66.7 Å². The molecule has 0 amide bonds. The number of ether oxygens (including phenoxy) is 1. The van der Waals surface area contributed by atoms with Crippen LogP contribution in [0.3, 0.4) is 0 Å². The number of nitrogens with zero attached hydrogens (tertiary/aromatic N) is 2. The van der Waals surface area contributed by atoms with Crippen LogP contribution in [0, 0.1) is 6.92 Å². The van der Waals surface area contributed by atoms with E-state index in [0.717, 1.165) is 0 Å². The molecule has 1 aromatic heterocycles. The van der Waals surface area contributed by atoms with Crippen LogP contribution < -0.4 is 11.2 Å². The van der Waals surface area contributed by atoms with Crippen molar-refractivity contribution in [2.75, 3.05) is 13.2 Å². The topological polar surface area (TPSA) is 95.0 Å². The van der Waals surface area contributed by atoms with E-state index in [0.29, 0.717) is 25.2 Å². The van der Waals surface area contributed by atoms with E-state index in [1.54, 1.807) is 19.2 Å². The van der Waals surface area contributed by atoms with Gasteiger partial charge in [-0.15, -0.1) is 6.58 Å². The highest BCUT2D eigenvalue weighted by Crippen LogP contribution is 2.50. The maximum absolute atomic E-state index is 12.6. The summed E-state index contributed by atoms with van der Waals surface area (Å²) in [6.45, 7) is 25.6. The minimum absolute atomic E-state index is 0.0418. The number of hydrogen-bond acceptors (Lipinski definition) is 7. The third kappa shape index (κ3) is 7.69. The molecule has 0 spiro atoms. The average Bonchev–Trinajstić information content (AvgIpc) is 3.14. The van der Waals surface area contributed by atoms with E-state index in [4.69, 9.17) is 18.2 Å². The van der Waals surface area contributed by atoms with E-state index >= 15 is 0 Å². The molecule has 1 saturated heterocycles. The Balaban J connectivity index is 2.38. The first-order valence-corrected chi connectivity index (χ1v) is 16.7. The third-order valence-electron chi connectivity index (χ3n) is 6.83. The predicted octanol–water partition coefficient (Wildman–Crippen LogP) is 5.09. The molecule has 1 unspecified atom stereocenters. The van der Waals surface area contributed by atoms with E-state index in [1.807, 2.05) is 0 Å². The summed E-state index contributed by atoms with van der Waals surface area (Å²) in [5, 5.41) is 0.0418. The SMILES string of the molecule is C=CCOP(O[C@H]1C[C@H](n2cc(C)c(=O)[nH]c2=O)O[C@@H]1CO[Si](C)(C)C(C)(C)C)N(C(C)C)C(C)C. The second-order valence-electron chi connectivity index (χ2n) is 11.4. The van der Waals surface area contributed by atoms with Crippen LogP contribution in [0.25, 0.3) is 0 Å². The number of hydrogen-bond donors (Lipinski definition) is 1. The van der Waals surface area contributed by atoms with Crippen molar-refractivity contribution in [3.63, 3.8) is 0 Å². The zero-order valence-corrected chi connectivity index (χ0v) is 25.6. The van der Waals surface area contributed by atoms with Crippen LogP contribution in [0.2, 0.25) is 18.1 Å². The zero-order chi connectivity index (χ0) is 27.4. The van der Waals surface area contributed by atoms with Gasteiger partial charge in [-0.05, 0) is 52.8 Å². The molecular weight excluding hydrogens is 497 g/mol. The molecule has 0 bridgehead atoms. The fourth-order valence-electron chi connectivity index (χ4n) is 3.80. The molecule has 0 radical (unpaired) electrons. The number of aryl methyl sites for hydroxylation is 1. The maximum atomic E-state index is 12.6. The molecule has 2 rings (SSSR count). The highest BCUT2D eigenvalue weighted by atomic mass is 31.2. The molecule has 1 fully saturated rings. The third-order valence-corrected chi connectivity index (χ3v) is 13.4. The fraction of sp³-hybridized carbons (Fsp3) is 0.760. The van der Waals surface area contributed by atoms with Crippen molar-refractivity contribution in [3.8, 4) is 0 Å². The molecule has 206 valence electrons. The summed E-state index contributed by atoms with van der Waals surface area (Å²) in [5.41, 5.74) is -0.457. The first-order chi connectivity index (χ1) is 16.6. The highest BCUT2D eigenvalue weighted by molar-refractivity contribution is 7.44. The van der Waals surface area contributed by atoms with Gasteiger partial charge in [-0.25, -0.2) is 9.46 Å². The van der Waals surface area contributed by atoms with E-state index in [2.05, 4.69) is 77.8 Å². The van der Waals surface area contributed by atoms with Crippen LogP contribution in [0.4, 0.5) is 0 Å². The minimum atomic E-state index is -2.05. The molecule has 9 nitrogen and oxygen atoms in total. The molecule has 4 atom stereocenters. The van der Waals surface area contributed by atoms with E-state index in [1.165, 1.54) is 4.57 Å². The number of H-pyrrole nitrogens is 1. The van der Waals surface area contributed by atoms with Crippen molar-refractivity contribution in [2.45, 2.75) is 110 Å². The Morgan fingerprint density at radius 1 is 1.28 bits per heavy atom. The first-order valence-electron chi connectivity index (χ1n) is 12.7. The van der Waals surface area contributed by atoms with Gasteiger partial charge in [0.05, 0.1) is 19.3 Å². The van der Waals surface area contributed by atoms with Crippen molar-refractivity contribution in [1.29, 1.82) is 0 Å². The highest BCUT2D eigenvalue weighted by Gasteiger charge is 2.44. The van der Waals surface area contributed by atoms with Gasteiger partial charge in [0.25, 0.3) is 14.1 Å². The molecule has 1 aliphatic heterocycles. The number of rotatable bonds is 12. The summed E-state index contributed by atoms with van der Waals surface area (Å²) >= 11 is 0. The smallest absolute Gasteiger partial charge is 0.330 e. The van der Waals surface area contributed by atoms with Gasteiger partial charge in [0.2, 0.25) is 0 Å². The molecule has 1 aromatic rings. The molecule has 0 aliphatic carbocycles. The standard InChI is InChI=1S/C25H46N3O6PSi/c1-12-13-31-35(28(17(2)3)18(4)5)34-20-14-22(27-15-19(6)23(29)26-24(27)30)33-21(20)16-32-36(10,11)25(7,8)9/h12,15,17-18,20-22H,1,13-14,16H2,2-11H3,(H,26,29,30)/t20-,21+,22+,35?/m0/s1. The number of aromatic nitrogens is 2. The summed E-state index contributed by atoms with van der Waals surface area (Å²) in [7, 11) is -3.47. The van der Waals surface area contributed by atoms with Gasteiger partial charge in [-0.2, -0.15) is 0 Å². The summed E-state index contributed by atoms with van der Waals surface area (Å²) < 4.78 is 29.3. The maximum Gasteiger partial charge on any atom is 0.330 e. The molecule has 11 heteroatoms. The molecule has 0 saturated carbocycles. The summed E-state index contributed by atoms with van der Waals surface area (Å²) in [4.78, 5) is 26.9. The number of nitrogens with one attached hydrogen (secondary N) is 1. The molecule has 36 heavy (non-hydrogen) atoms. The van der Waals surface area contributed by atoms with Crippen LogP contribution in [0.15, 0.2) is 28.4 Å². The second-order valence-corrected chi connectivity index (χ2v) is 17.7. The minimum Gasteiger partial charge on any atom is -0.414 e. The lowest BCUT2D eigenvalue weighted by atomic mass is 10.2. The summed E-state index contributed by atoms with van der Waals surface area (Å²) in [6.07, 6.45) is 2.33. The Morgan fingerprint density at radius 2 is 1.89 bits per heavy atom.